The maximum absolute atomic E-state index is 4.46. The van der Waals surface area contributed by atoms with Crippen LogP contribution in [0.2, 0.25) is 0 Å². The average molecular weight is 314 g/mol. The molecule has 0 amide bonds. The Hall–Kier alpha value is -1.66. The summed E-state index contributed by atoms with van der Waals surface area (Å²) in [5.41, 5.74) is 2.23. The zero-order valence-electron chi connectivity index (χ0n) is 13.9. The van der Waals surface area contributed by atoms with Crippen molar-refractivity contribution in [2.45, 2.75) is 19.3 Å². The maximum Gasteiger partial charge on any atom is 0.162 e. The molecule has 124 valence electrons. The molecule has 6 nitrogen and oxygen atoms in total. The first-order valence-electron chi connectivity index (χ1n) is 8.77. The summed E-state index contributed by atoms with van der Waals surface area (Å²) in [6.45, 7) is 6.63. The molecule has 2 aromatic rings. The minimum Gasteiger partial charge on any atom is -0.369 e. The second-order valence-corrected chi connectivity index (χ2v) is 6.94. The fraction of sp³-hybridized carbons (Fsp3) is 0.647. The van der Waals surface area contributed by atoms with Crippen molar-refractivity contribution in [3.8, 4) is 0 Å². The van der Waals surface area contributed by atoms with Crippen LogP contribution in [0, 0.1) is 5.92 Å². The molecule has 0 aliphatic carbocycles. The van der Waals surface area contributed by atoms with Crippen LogP contribution >= 0.6 is 0 Å². The van der Waals surface area contributed by atoms with Crippen molar-refractivity contribution >= 4 is 11.3 Å². The van der Waals surface area contributed by atoms with Gasteiger partial charge in [-0.25, -0.2) is 0 Å². The van der Waals surface area contributed by atoms with E-state index in [4.69, 9.17) is 0 Å². The zero-order chi connectivity index (χ0) is 15.6. The monoisotopic (exact) mass is 314 g/mol. The van der Waals surface area contributed by atoms with Gasteiger partial charge in [-0.1, -0.05) is 0 Å². The molecule has 1 unspecified atom stereocenters. The van der Waals surface area contributed by atoms with Crippen LogP contribution in [0.25, 0.3) is 5.65 Å². The smallest absolute Gasteiger partial charge is 0.162 e. The van der Waals surface area contributed by atoms with Gasteiger partial charge < -0.3 is 15.1 Å². The standard InChI is InChI=1S/C17H26N6/c1-21-7-2-3-14(13-21)11-16-19-20-17-12-15(4-8-23(16)17)22-9-5-18-6-10-22/h4,8,12,14,18H,2-3,5-7,9-11,13H2,1H3. The molecule has 0 aromatic carbocycles. The first kappa shape index (κ1) is 14.9. The van der Waals surface area contributed by atoms with Gasteiger partial charge in [-0.15, -0.1) is 10.2 Å². The van der Waals surface area contributed by atoms with Gasteiger partial charge in [0, 0.05) is 57.1 Å². The van der Waals surface area contributed by atoms with E-state index < -0.39 is 0 Å². The number of anilines is 1. The quantitative estimate of drug-likeness (QED) is 0.917. The van der Waals surface area contributed by atoms with Crippen LogP contribution in [0.4, 0.5) is 5.69 Å². The summed E-state index contributed by atoms with van der Waals surface area (Å²) in [6, 6.07) is 4.38. The van der Waals surface area contributed by atoms with Gasteiger partial charge in [-0.2, -0.15) is 0 Å². The van der Waals surface area contributed by atoms with Crippen molar-refractivity contribution in [3.05, 3.63) is 24.2 Å². The Morgan fingerprint density at radius 3 is 2.91 bits per heavy atom. The number of hydrogen-bond acceptors (Lipinski definition) is 5. The summed E-state index contributed by atoms with van der Waals surface area (Å²) in [7, 11) is 2.22. The minimum atomic E-state index is 0.703. The lowest BCUT2D eigenvalue weighted by Crippen LogP contribution is -2.43. The topological polar surface area (TPSA) is 48.7 Å². The summed E-state index contributed by atoms with van der Waals surface area (Å²) in [4.78, 5) is 4.85. The number of piperazine rings is 1. The van der Waals surface area contributed by atoms with E-state index in [-0.39, 0.29) is 0 Å². The van der Waals surface area contributed by atoms with E-state index in [1.807, 2.05) is 0 Å². The first-order chi connectivity index (χ1) is 11.3. The van der Waals surface area contributed by atoms with Crippen molar-refractivity contribution in [1.29, 1.82) is 0 Å². The highest BCUT2D eigenvalue weighted by Crippen LogP contribution is 2.21. The number of piperidine rings is 1. The molecular weight excluding hydrogens is 288 g/mol. The lowest BCUT2D eigenvalue weighted by Gasteiger charge is -2.29. The lowest BCUT2D eigenvalue weighted by molar-refractivity contribution is 0.207. The van der Waals surface area contributed by atoms with Crippen molar-refractivity contribution in [2.24, 2.45) is 5.92 Å². The third-order valence-corrected chi connectivity index (χ3v) is 5.14. The zero-order valence-corrected chi connectivity index (χ0v) is 13.9. The molecule has 23 heavy (non-hydrogen) atoms. The van der Waals surface area contributed by atoms with Gasteiger partial charge in [0.2, 0.25) is 0 Å². The van der Waals surface area contributed by atoms with E-state index in [0.717, 1.165) is 44.1 Å². The number of rotatable bonds is 3. The Balaban J connectivity index is 1.52. The number of pyridine rings is 1. The normalized spacial score (nSPS) is 23.5. The van der Waals surface area contributed by atoms with Gasteiger partial charge in [-0.3, -0.25) is 4.40 Å². The van der Waals surface area contributed by atoms with Gasteiger partial charge in [0.15, 0.2) is 5.65 Å². The van der Waals surface area contributed by atoms with E-state index in [2.05, 4.69) is 55.1 Å². The van der Waals surface area contributed by atoms with Crippen LogP contribution in [-0.2, 0) is 6.42 Å². The van der Waals surface area contributed by atoms with Crippen LogP contribution in [0.3, 0.4) is 0 Å². The lowest BCUT2D eigenvalue weighted by atomic mass is 9.95. The molecule has 2 aliphatic heterocycles. The van der Waals surface area contributed by atoms with Gasteiger partial charge in [0.1, 0.15) is 5.82 Å². The molecule has 1 N–H and O–H groups in total. The predicted octanol–water partition coefficient (Wildman–Crippen LogP) is 1.02. The second-order valence-electron chi connectivity index (χ2n) is 6.94. The molecule has 0 radical (unpaired) electrons. The van der Waals surface area contributed by atoms with Crippen molar-refractivity contribution in [3.63, 3.8) is 0 Å². The largest absolute Gasteiger partial charge is 0.369 e. The van der Waals surface area contributed by atoms with E-state index in [9.17, 15) is 0 Å². The van der Waals surface area contributed by atoms with Crippen molar-refractivity contribution < 1.29 is 0 Å². The Kier molecular flexibility index (Phi) is 4.18. The number of nitrogens with one attached hydrogen (secondary N) is 1. The molecule has 2 fully saturated rings. The highest BCUT2D eigenvalue weighted by molar-refractivity contribution is 5.56. The number of likely N-dealkylation sites (tertiary alicyclic amines) is 1. The molecule has 0 spiro atoms. The van der Waals surface area contributed by atoms with Gasteiger partial charge in [0.05, 0.1) is 0 Å². The summed E-state index contributed by atoms with van der Waals surface area (Å²) in [5.74, 6) is 1.81. The third-order valence-electron chi connectivity index (χ3n) is 5.14. The van der Waals surface area contributed by atoms with E-state index in [0.29, 0.717) is 5.92 Å². The predicted molar refractivity (Wildman–Crippen MR) is 92.0 cm³/mol. The Labute approximate surface area is 137 Å². The van der Waals surface area contributed by atoms with Gasteiger partial charge in [-0.05, 0) is 38.4 Å². The fourth-order valence-corrected chi connectivity index (χ4v) is 3.89. The number of aromatic nitrogens is 3. The molecular formula is C17H26N6. The first-order valence-corrected chi connectivity index (χ1v) is 8.77. The molecule has 0 bridgehead atoms. The Morgan fingerprint density at radius 1 is 1.22 bits per heavy atom. The molecule has 2 aliphatic rings. The molecule has 4 rings (SSSR count). The van der Waals surface area contributed by atoms with E-state index >= 15 is 0 Å². The van der Waals surface area contributed by atoms with Crippen molar-refractivity contribution in [1.82, 2.24) is 24.8 Å². The molecule has 2 saturated heterocycles. The number of hydrogen-bond donors (Lipinski definition) is 1. The SMILES string of the molecule is CN1CCCC(Cc2nnc3cc(N4CCNCC4)ccn23)C1. The number of fused-ring (bicyclic) bond motifs is 1. The second kappa shape index (κ2) is 6.45. The van der Waals surface area contributed by atoms with E-state index in [1.54, 1.807) is 0 Å². The summed E-state index contributed by atoms with van der Waals surface area (Å²) < 4.78 is 2.17. The third kappa shape index (κ3) is 3.19. The molecule has 0 saturated carbocycles. The average Bonchev–Trinajstić information content (AvgIpc) is 2.98. The van der Waals surface area contributed by atoms with Crippen LogP contribution in [0.1, 0.15) is 18.7 Å². The minimum absolute atomic E-state index is 0.703. The van der Waals surface area contributed by atoms with Crippen LogP contribution in [0.5, 0.6) is 0 Å². The fourth-order valence-electron chi connectivity index (χ4n) is 3.89. The van der Waals surface area contributed by atoms with Gasteiger partial charge >= 0.3 is 0 Å². The molecule has 6 heteroatoms. The Morgan fingerprint density at radius 2 is 2.09 bits per heavy atom. The van der Waals surface area contributed by atoms with Crippen LogP contribution < -0.4 is 10.2 Å². The summed E-state index contributed by atoms with van der Waals surface area (Å²) >= 11 is 0. The van der Waals surface area contributed by atoms with Crippen LogP contribution in [-0.4, -0.2) is 65.8 Å². The van der Waals surface area contributed by atoms with Gasteiger partial charge in [0.25, 0.3) is 0 Å². The van der Waals surface area contributed by atoms with E-state index in [1.165, 1.54) is 31.6 Å². The van der Waals surface area contributed by atoms with Crippen molar-refractivity contribution in [2.75, 3.05) is 51.2 Å². The maximum atomic E-state index is 4.46. The summed E-state index contributed by atoms with van der Waals surface area (Å²) in [6.07, 6.45) is 5.77. The number of nitrogens with zero attached hydrogens (tertiary/aromatic N) is 5. The molecule has 1 atom stereocenters. The Bertz CT molecular complexity index is 660. The highest BCUT2D eigenvalue weighted by atomic mass is 15.3. The summed E-state index contributed by atoms with van der Waals surface area (Å²) in [5, 5.41) is 12.3. The highest BCUT2D eigenvalue weighted by Gasteiger charge is 2.20. The van der Waals surface area contributed by atoms with Crippen LogP contribution in [0.15, 0.2) is 18.3 Å². The molecule has 2 aromatic heterocycles. The molecule has 4 heterocycles.